The average molecular weight is 262 g/mol. The summed E-state index contributed by atoms with van der Waals surface area (Å²) in [5, 5.41) is 10.0. The Kier molecular flexibility index (Phi) is 4.10. The van der Waals surface area contributed by atoms with Crippen LogP contribution in [0.4, 0.5) is 0 Å². The summed E-state index contributed by atoms with van der Waals surface area (Å²) in [4.78, 5) is 16.5. The molecular formula is C15H22N2O2. The van der Waals surface area contributed by atoms with E-state index in [0.29, 0.717) is 11.6 Å². The maximum atomic E-state index is 12.5. The van der Waals surface area contributed by atoms with Crippen molar-refractivity contribution >= 4 is 5.91 Å². The van der Waals surface area contributed by atoms with E-state index in [1.807, 2.05) is 38.1 Å². The van der Waals surface area contributed by atoms with E-state index in [0.717, 1.165) is 31.5 Å². The lowest BCUT2D eigenvalue weighted by Gasteiger charge is -2.36. The van der Waals surface area contributed by atoms with E-state index in [1.54, 1.807) is 6.07 Å². The van der Waals surface area contributed by atoms with Gasteiger partial charge in [-0.1, -0.05) is 12.1 Å². The maximum absolute atomic E-state index is 12.5. The second kappa shape index (κ2) is 5.61. The quantitative estimate of drug-likeness (QED) is 0.885. The number of rotatable bonds is 2. The first kappa shape index (κ1) is 13.9. The lowest BCUT2D eigenvalue weighted by atomic mass is 10.0. The highest BCUT2D eigenvalue weighted by Crippen LogP contribution is 2.24. The Morgan fingerprint density at radius 1 is 1.42 bits per heavy atom. The van der Waals surface area contributed by atoms with E-state index >= 15 is 0 Å². The molecule has 1 aliphatic heterocycles. The van der Waals surface area contributed by atoms with Gasteiger partial charge in [0.1, 0.15) is 5.75 Å². The number of phenolic OH excluding ortho intramolecular Hbond substituents is 1. The fourth-order valence-corrected chi connectivity index (χ4v) is 2.56. The van der Waals surface area contributed by atoms with Gasteiger partial charge < -0.3 is 14.9 Å². The van der Waals surface area contributed by atoms with Gasteiger partial charge in [-0.05, 0) is 45.5 Å². The molecule has 1 atom stereocenters. The van der Waals surface area contributed by atoms with Crippen LogP contribution in [0.5, 0.6) is 5.75 Å². The summed E-state index contributed by atoms with van der Waals surface area (Å²) in [6, 6.07) is 5.73. The van der Waals surface area contributed by atoms with Crippen molar-refractivity contribution < 1.29 is 9.90 Å². The number of hydrogen-bond acceptors (Lipinski definition) is 3. The lowest BCUT2D eigenvalue weighted by molar-refractivity contribution is 0.0632. The molecule has 1 N–H and O–H groups in total. The predicted octanol–water partition coefficient (Wildman–Crippen LogP) is 1.87. The first-order valence-corrected chi connectivity index (χ1v) is 6.75. The van der Waals surface area contributed by atoms with Gasteiger partial charge in [-0.3, -0.25) is 4.79 Å². The van der Waals surface area contributed by atoms with Crippen molar-refractivity contribution in [2.75, 3.05) is 27.2 Å². The van der Waals surface area contributed by atoms with Gasteiger partial charge in [0.05, 0.1) is 5.56 Å². The standard InChI is InChI=1S/C15H22N2O2/c1-11-6-4-8-13(14(11)18)15(19)17-9-5-7-12(10-17)16(2)3/h4,6,8,12,18H,5,7,9-10H2,1-3H3. The summed E-state index contributed by atoms with van der Waals surface area (Å²) in [7, 11) is 4.09. The molecule has 1 heterocycles. The van der Waals surface area contributed by atoms with Crippen molar-refractivity contribution in [3.63, 3.8) is 0 Å². The van der Waals surface area contributed by atoms with Crippen LogP contribution in [-0.4, -0.2) is 54.0 Å². The highest BCUT2D eigenvalue weighted by Gasteiger charge is 2.27. The third-order valence-corrected chi connectivity index (χ3v) is 3.88. The molecule has 0 saturated carbocycles. The number of phenols is 1. The third kappa shape index (κ3) is 2.89. The molecule has 4 heteroatoms. The Morgan fingerprint density at radius 3 is 2.84 bits per heavy atom. The predicted molar refractivity (Wildman–Crippen MR) is 75.5 cm³/mol. The van der Waals surface area contributed by atoms with Crippen LogP contribution in [0.3, 0.4) is 0 Å². The van der Waals surface area contributed by atoms with Gasteiger partial charge in [0, 0.05) is 19.1 Å². The number of benzene rings is 1. The van der Waals surface area contributed by atoms with Crippen LogP contribution in [0.15, 0.2) is 18.2 Å². The number of para-hydroxylation sites is 1. The van der Waals surface area contributed by atoms with E-state index in [1.165, 1.54) is 0 Å². The van der Waals surface area contributed by atoms with Crippen LogP contribution in [-0.2, 0) is 0 Å². The van der Waals surface area contributed by atoms with E-state index in [4.69, 9.17) is 0 Å². The number of piperidine rings is 1. The van der Waals surface area contributed by atoms with E-state index in [2.05, 4.69) is 4.90 Å². The smallest absolute Gasteiger partial charge is 0.257 e. The molecule has 1 fully saturated rings. The van der Waals surface area contributed by atoms with Gasteiger partial charge >= 0.3 is 0 Å². The number of likely N-dealkylation sites (tertiary alicyclic amines) is 1. The molecule has 1 saturated heterocycles. The molecule has 104 valence electrons. The summed E-state index contributed by atoms with van der Waals surface area (Å²) < 4.78 is 0. The summed E-state index contributed by atoms with van der Waals surface area (Å²) >= 11 is 0. The summed E-state index contributed by atoms with van der Waals surface area (Å²) in [6.45, 7) is 3.32. The second-order valence-corrected chi connectivity index (χ2v) is 5.48. The molecule has 0 aliphatic carbocycles. The van der Waals surface area contributed by atoms with Crippen molar-refractivity contribution in [1.29, 1.82) is 0 Å². The number of carbonyl (C=O) groups excluding carboxylic acids is 1. The van der Waals surface area contributed by atoms with Crippen molar-refractivity contribution in [1.82, 2.24) is 9.80 Å². The SMILES string of the molecule is Cc1cccc(C(=O)N2CCCC(N(C)C)C2)c1O. The zero-order valence-corrected chi connectivity index (χ0v) is 11.9. The van der Waals surface area contributed by atoms with Crippen molar-refractivity contribution in [2.24, 2.45) is 0 Å². The number of carbonyl (C=O) groups is 1. The second-order valence-electron chi connectivity index (χ2n) is 5.48. The molecule has 4 nitrogen and oxygen atoms in total. The van der Waals surface area contributed by atoms with Crippen LogP contribution in [0.25, 0.3) is 0 Å². The number of hydrogen-bond donors (Lipinski definition) is 1. The Bertz CT molecular complexity index is 471. The highest BCUT2D eigenvalue weighted by atomic mass is 16.3. The Labute approximate surface area is 114 Å². The molecule has 1 aliphatic rings. The number of likely N-dealkylation sites (N-methyl/N-ethyl adjacent to an activating group) is 1. The zero-order chi connectivity index (χ0) is 14.0. The van der Waals surface area contributed by atoms with E-state index in [-0.39, 0.29) is 11.7 Å². The summed E-state index contributed by atoms with van der Waals surface area (Å²) in [5.41, 5.74) is 1.16. The zero-order valence-electron chi connectivity index (χ0n) is 11.9. The number of amides is 1. The first-order valence-electron chi connectivity index (χ1n) is 6.75. The van der Waals surface area contributed by atoms with Crippen LogP contribution in [0.1, 0.15) is 28.8 Å². The van der Waals surface area contributed by atoms with Gasteiger partial charge in [-0.2, -0.15) is 0 Å². The first-order chi connectivity index (χ1) is 9.00. The van der Waals surface area contributed by atoms with Crippen LogP contribution >= 0.6 is 0 Å². The van der Waals surface area contributed by atoms with Crippen LogP contribution in [0.2, 0.25) is 0 Å². The molecular weight excluding hydrogens is 240 g/mol. The van der Waals surface area contributed by atoms with Gasteiger partial charge in [0.25, 0.3) is 5.91 Å². The van der Waals surface area contributed by atoms with E-state index in [9.17, 15) is 9.90 Å². The fourth-order valence-electron chi connectivity index (χ4n) is 2.56. The minimum atomic E-state index is -0.0623. The van der Waals surface area contributed by atoms with Gasteiger partial charge in [-0.25, -0.2) is 0 Å². The van der Waals surface area contributed by atoms with Crippen LogP contribution < -0.4 is 0 Å². The molecule has 19 heavy (non-hydrogen) atoms. The monoisotopic (exact) mass is 262 g/mol. The highest BCUT2D eigenvalue weighted by molar-refractivity contribution is 5.97. The molecule has 0 bridgehead atoms. The van der Waals surface area contributed by atoms with E-state index < -0.39 is 0 Å². The normalized spacial score (nSPS) is 19.8. The van der Waals surface area contributed by atoms with Crippen molar-refractivity contribution in [2.45, 2.75) is 25.8 Å². The molecule has 1 amide bonds. The minimum absolute atomic E-state index is 0.0623. The number of nitrogens with zero attached hydrogens (tertiary/aromatic N) is 2. The summed E-state index contributed by atoms with van der Waals surface area (Å²) in [5.74, 6) is 0.0484. The molecule has 1 unspecified atom stereocenters. The molecule has 1 aromatic carbocycles. The topological polar surface area (TPSA) is 43.8 Å². The van der Waals surface area contributed by atoms with Crippen molar-refractivity contribution in [3.8, 4) is 5.75 Å². The minimum Gasteiger partial charge on any atom is -0.507 e. The molecule has 2 rings (SSSR count). The molecule has 0 radical (unpaired) electrons. The molecule has 1 aromatic rings. The number of aryl methyl sites for hydroxylation is 1. The maximum Gasteiger partial charge on any atom is 0.257 e. The van der Waals surface area contributed by atoms with Crippen LogP contribution in [0, 0.1) is 6.92 Å². The fraction of sp³-hybridized carbons (Fsp3) is 0.533. The Morgan fingerprint density at radius 2 is 2.16 bits per heavy atom. The average Bonchev–Trinajstić information content (AvgIpc) is 2.41. The van der Waals surface area contributed by atoms with Gasteiger partial charge in [0.2, 0.25) is 0 Å². The largest absolute Gasteiger partial charge is 0.507 e. The van der Waals surface area contributed by atoms with Crippen molar-refractivity contribution in [3.05, 3.63) is 29.3 Å². The Hall–Kier alpha value is -1.55. The molecule has 0 aromatic heterocycles. The Balaban J connectivity index is 2.17. The summed E-state index contributed by atoms with van der Waals surface area (Å²) in [6.07, 6.45) is 2.14. The van der Waals surface area contributed by atoms with Gasteiger partial charge in [0.15, 0.2) is 0 Å². The van der Waals surface area contributed by atoms with Gasteiger partial charge in [-0.15, -0.1) is 0 Å². The molecule has 0 spiro atoms. The lowest BCUT2D eigenvalue weighted by Crippen LogP contribution is -2.47. The number of aromatic hydroxyl groups is 1. The third-order valence-electron chi connectivity index (χ3n) is 3.88.